The molecule has 0 unspecified atom stereocenters. The second kappa shape index (κ2) is 8.77. The highest BCUT2D eigenvalue weighted by Gasteiger charge is 2.31. The zero-order chi connectivity index (χ0) is 21.1. The number of halogens is 1. The minimum absolute atomic E-state index is 0.0995. The predicted molar refractivity (Wildman–Crippen MR) is 117 cm³/mol. The normalized spacial score (nSPS) is 13.7. The fourth-order valence-corrected chi connectivity index (χ4v) is 4.35. The number of para-hydroxylation sites is 2. The molecule has 1 aliphatic rings. The standard InChI is InChI=1S/C22H18ClN3O3S/c23-15-5-3-4-14(10-15)11-20-24-16(13-30-20)12-19(27)25-17-6-1-2-7-18(17)26-21(28)8-9-22(26)29/h1-7,10,13H,8-9,11-12H2,(H,25,27). The van der Waals surface area contributed by atoms with Gasteiger partial charge in [0.15, 0.2) is 0 Å². The zero-order valence-electron chi connectivity index (χ0n) is 15.9. The summed E-state index contributed by atoms with van der Waals surface area (Å²) in [6.07, 6.45) is 1.13. The van der Waals surface area contributed by atoms with Crippen LogP contribution in [-0.4, -0.2) is 22.7 Å². The Morgan fingerprint density at radius 3 is 2.63 bits per heavy atom. The first kappa shape index (κ1) is 20.3. The van der Waals surface area contributed by atoms with Crippen LogP contribution < -0.4 is 10.2 Å². The van der Waals surface area contributed by atoms with E-state index in [4.69, 9.17) is 11.6 Å². The largest absolute Gasteiger partial charge is 0.324 e. The fourth-order valence-electron chi connectivity index (χ4n) is 3.31. The molecule has 6 nitrogen and oxygen atoms in total. The minimum Gasteiger partial charge on any atom is -0.324 e. The Morgan fingerprint density at radius 1 is 1.10 bits per heavy atom. The van der Waals surface area contributed by atoms with Crippen molar-refractivity contribution in [3.63, 3.8) is 0 Å². The van der Waals surface area contributed by atoms with Crippen LogP contribution in [0.3, 0.4) is 0 Å². The molecule has 1 N–H and O–H groups in total. The lowest BCUT2D eigenvalue weighted by atomic mass is 10.2. The molecule has 1 aromatic heterocycles. The van der Waals surface area contributed by atoms with Gasteiger partial charge in [0.1, 0.15) is 0 Å². The number of imide groups is 1. The summed E-state index contributed by atoms with van der Waals surface area (Å²) in [4.78, 5) is 42.4. The number of anilines is 2. The van der Waals surface area contributed by atoms with E-state index in [1.54, 1.807) is 24.3 Å². The number of nitrogens with one attached hydrogen (secondary N) is 1. The minimum atomic E-state index is -0.263. The van der Waals surface area contributed by atoms with E-state index < -0.39 is 0 Å². The highest BCUT2D eigenvalue weighted by molar-refractivity contribution is 7.09. The molecule has 0 radical (unpaired) electrons. The Balaban J connectivity index is 1.43. The number of nitrogens with zero attached hydrogens (tertiary/aromatic N) is 2. The first-order valence-electron chi connectivity index (χ1n) is 9.42. The Labute approximate surface area is 182 Å². The van der Waals surface area contributed by atoms with Crippen molar-refractivity contribution in [2.45, 2.75) is 25.7 Å². The lowest BCUT2D eigenvalue weighted by Crippen LogP contribution is -2.30. The molecule has 8 heteroatoms. The van der Waals surface area contributed by atoms with Gasteiger partial charge in [0.2, 0.25) is 17.7 Å². The number of thiazole rings is 1. The van der Waals surface area contributed by atoms with Gasteiger partial charge in [0.05, 0.1) is 28.5 Å². The fraction of sp³-hybridized carbons (Fsp3) is 0.182. The SMILES string of the molecule is O=C(Cc1csc(Cc2cccc(Cl)c2)n1)Nc1ccccc1N1C(=O)CCC1=O. The first-order valence-corrected chi connectivity index (χ1v) is 10.7. The number of carbonyl (C=O) groups is 3. The number of rotatable bonds is 6. The van der Waals surface area contributed by atoms with Gasteiger partial charge in [-0.05, 0) is 29.8 Å². The molecule has 0 spiro atoms. The molecule has 0 saturated carbocycles. The van der Waals surface area contributed by atoms with Gasteiger partial charge in [0, 0.05) is 29.7 Å². The summed E-state index contributed by atoms with van der Waals surface area (Å²) in [6.45, 7) is 0. The molecule has 0 bridgehead atoms. The molecule has 0 aliphatic carbocycles. The number of benzene rings is 2. The number of carbonyl (C=O) groups excluding carboxylic acids is 3. The van der Waals surface area contributed by atoms with Crippen molar-refractivity contribution in [3.8, 4) is 0 Å². The Hall–Kier alpha value is -3.03. The highest BCUT2D eigenvalue weighted by Crippen LogP contribution is 2.30. The summed E-state index contributed by atoms with van der Waals surface area (Å²) >= 11 is 7.52. The van der Waals surface area contributed by atoms with Crippen LogP contribution in [0.4, 0.5) is 11.4 Å². The van der Waals surface area contributed by atoms with Crippen LogP contribution >= 0.6 is 22.9 Å². The van der Waals surface area contributed by atoms with Gasteiger partial charge in [0.25, 0.3) is 0 Å². The average molecular weight is 440 g/mol. The van der Waals surface area contributed by atoms with E-state index in [0.717, 1.165) is 15.5 Å². The molecule has 3 aromatic rings. The summed E-state index contributed by atoms with van der Waals surface area (Å²) in [6, 6.07) is 14.4. The van der Waals surface area contributed by atoms with Crippen LogP contribution in [-0.2, 0) is 27.2 Å². The van der Waals surface area contributed by atoms with E-state index in [9.17, 15) is 14.4 Å². The summed E-state index contributed by atoms with van der Waals surface area (Å²) in [5.74, 6) is -0.778. The van der Waals surface area contributed by atoms with Gasteiger partial charge >= 0.3 is 0 Å². The van der Waals surface area contributed by atoms with E-state index in [1.807, 2.05) is 29.6 Å². The van der Waals surface area contributed by atoms with E-state index in [2.05, 4.69) is 10.3 Å². The van der Waals surface area contributed by atoms with Crippen molar-refractivity contribution < 1.29 is 14.4 Å². The number of amides is 3. The topological polar surface area (TPSA) is 79.4 Å². The van der Waals surface area contributed by atoms with Crippen LogP contribution in [0, 0.1) is 0 Å². The third-order valence-electron chi connectivity index (χ3n) is 4.66. The van der Waals surface area contributed by atoms with Gasteiger partial charge in [-0.2, -0.15) is 0 Å². The Morgan fingerprint density at radius 2 is 1.87 bits per heavy atom. The maximum atomic E-state index is 12.6. The predicted octanol–water partition coefficient (Wildman–Crippen LogP) is 4.22. The van der Waals surface area contributed by atoms with Crippen molar-refractivity contribution in [3.05, 3.63) is 75.2 Å². The van der Waals surface area contributed by atoms with Gasteiger partial charge in [-0.15, -0.1) is 11.3 Å². The van der Waals surface area contributed by atoms with Crippen molar-refractivity contribution in [1.29, 1.82) is 0 Å². The van der Waals surface area contributed by atoms with E-state index in [0.29, 0.717) is 28.5 Å². The van der Waals surface area contributed by atoms with E-state index >= 15 is 0 Å². The van der Waals surface area contributed by atoms with Crippen LogP contribution in [0.5, 0.6) is 0 Å². The number of aromatic nitrogens is 1. The van der Waals surface area contributed by atoms with Crippen molar-refractivity contribution in [2.75, 3.05) is 10.2 Å². The van der Waals surface area contributed by atoms with Crippen LogP contribution in [0.25, 0.3) is 0 Å². The smallest absolute Gasteiger partial charge is 0.234 e. The van der Waals surface area contributed by atoms with Crippen LogP contribution in [0.1, 0.15) is 29.1 Å². The summed E-state index contributed by atoms with van der Waals surface area (Å²) in [7, 11) is 0. The van der Waals surface area contributed by atoms with Crippen molar-refractivity contribution in [1.82, 2.24) is 4.98 Å². The molecule has 0 atom stereocenters. The lowest BCUT2D eigenvalue weighted by molar-refractivity contribution is -0.121. The van der Waals surface area contributed by atoms with Gasteiger partial charge < -0.3 is 5.32 Å². The highest BCUT2D eigenvalue weighted by atomic mass is 35.5. The molecule has 3 amide bonds. The Bertz CT molecular complexity index is 1110. The molecule has 1 saturated heterocycles. The number of hydrogen-bond acceptors (Lipinski definition) is 5. The second-order valence-corrected chi connectivity index (χ2v) is 8.28. The molecule has 30 heavy (non-hydrogen) atoms. The third-order valence-corrected chi connectivity index (χ3v) is 5.79. The Kier molecular flexibility index (Phi) is 5.92. The molecule has 152 valence electrons. The molecular weight excluding hydrogens is 422 g/mol. The van der Waals surface area contributed by atoms with Crippen LogP contribution in [0.2, 0.25) is 5.02 Å². The second-order valence-electron chi connectivity index (χ2n) is 6.90. The molecular formula is C22H18ClN3O3S. The molecule has 1 fully saturated rings. The number of hydrogen-bond donors (Lipinski definition) is 1. The molecule has 4 rings (SSSR count). The first-order chi connectivity index (χ1) is 14.5. The van der Waals surface area contributed by atoms with Crippen molar-refractivity contribution >= 4 is 52.0 Å². The monoisotopic (exact) mass is 439 g/mol. The third kappa shape index (κ3) is 4.58. The average Bonchev–Trinajstić information content (AvgIpc) is 3.28. The summed E-state index contributed by atoms with van der Waals surface area (Å²) in [5, 5.41) is 6.24. The molecule has 2 heterocycles. The molecule has 1 aliphatic heterocycles. The van der Waals surface area contributed by atoms with E-state index in [-0.39, 0.29) is 37.0 Å². The van der Waals surface area contributed by atoms with Gasteiger partial charge in [-0.25, -0.2) is 9.88 Å². The van der Waals surface area contributed by atoms with Crippen molar-refractivity contribution in [2.24, 2.45) is 0 Å². The summed E-state index contributed by atoms with van der Waals surface area (Å²) in [5.41, 5.74) is 2.56. The van der Waals surface area contributed by atoms with Gasteiger partial charge in [-0.3, -0.25) is 14.4 Å². The summed E-state index contributed by atoms with van der Waals surface area (Å²) < 4.78 is 0. The van der Waals surface area contributed by atoms with Gasteiger partial charge in [-0.1, -0.05) is 35.9 Å². The van der Waals surface area contributed by atoms with Crippen LogP contribution in [0.15, 0.2) is 53.9 Å². The molecule has 2 aromatic carbocycles. The maximum absolute atomic E-state index is 12.6. The lowest BCUT2D eigenvalue weighted by Gasteiger charge is -2.18. The van der Waals surface area contributed by atoms with E-state index in [1.165, 1.54) is 11.3 Å². The maximum Gasteiger partial charge on any atom is 0.234 e. The zero-order valence-corrected chi connectivity index (χ0v) is 17.5. The quantitative estimate of drug-likeness (QED) is 0.583.